The molecule has 0 atom stereocenters. The number of rotatable bonds is 50. The van der Waals surface area contributed by atoms with E-state index in [2.05, 4.69) is 154 Å². The van der Waals surface area contributed by atoms with Crippen LogP contribution in [0.1, 0.15) is 239 Å². The van der Waals surface area contributed by atoms with E-state index in [-0.39, 0.29) is 37.5 Å². The van der Waals surface area contributed by atoms with Gasteiger partial charge in [0.25, 0.3) is 0 Å². The van der Waals surface area contributed by atoms with Crippen molar-refractivity contribution in [3.05, 3.63) is 134 Å². The van der Waals surface area contributed by atoms with E-state index in [1.807, 2.05) is 0 Å². The SMILES string of the molecule is CC/C=C\C/C=C\C/C=C\CCCCCCCC(=O)OC(COC(=O)CCCCC/C=C\C/C=C\C/C=C\C/C=C\CCCCC)COC(=O)CCCCC/C=C\C/C=C\C/C=C\C/C=C\CCCCC. The van der Waals surface area contributed by atoms with E-state index in [0.29, 0.717) is 12.8 Å². The Labute approximate surface area is 436 Å². The van der Waals surface area contributed by atoms with E-state index in [1.165, 1.54) is 51.4 Å². The van der Waals surface area contributed by atoms with Crippen LogP contribution < -0.4 is 0 Å². The van der Waals surface area contributed by atoms with E-state index < -0.39 is 6.10 Å². The fourth-order valence-corrected chi connectivity index (χ4v) is 7.30. The van der Waals surface area contributed by atoms with E-state index >= 15 is 0 Å². The van der Waals surface area contributed by atoms with Gasteiger partial charge in [0.05, 0.1) is 0 Å². The van der Waals surface area contributed by atoms with Gasteiger partial charge in [0.15, 0.2) is 6.10 Å². The lowest BCUT2D eigenvalue weighted by atomic mass is 10.1. The first-order valence-corrected chi connectivity index (χ1v) is 28.7. The van der Waals surface area contributed by atoms with Crippen LogP contribution in [-0.2, 0) is 28.6 Å². The standard InChI is InChI=1S/C65H104O6/c1-4-7-10-13-16-19-22-25-28-30-32-34-37-39-42-45-48-51-54-57-63(66)69-60-62(71-65(68)59-56-53-50-47-44-41-36-27-24-21-18-15-12-9-6-3)61-70-64(67)58-55-52-49-46-43-40-38-35-33-31-29-26-23-20-17-14-11-8-5-2/h9,12,16-21,25-29,32-36,39-40,42-43,62H,4-8,10-11,13-15,22-24,30-31,37-38,41,44-61H2,1-3H3/b12-9-,19-16-,20-17-,21-18-,28-25-,29-26-,34-32-,35-33-,36-27-,42-39-,43-40-. The van der Waals surface area contributed by atoms with Gasteiger partial charge in [-0.15, -0.1) is 0 Å². The summed E-state index contributed by atoms with van der Waals surface area (Å²) < 4.78 is 16.8. The molecule has 0 aliphatic carbocycles. The zero-order valence-corrected chi connectivity index (χ0v) is 45.7. The van der Waals surface area contributed by atoms with Crippen LogP contribution in [-0.4, -0.2) is 37.2 Å². The van der Waals surface area contributed by atoms with Crippen molar-refractivity contribution in [2.24, 2.45) is 0 Å². The van der Waals surface area contributed by atoms with Gasteiger partial charge in [-0.3, -0.25) is 14.4 Å². The predicted octanol–water partition coefficient (Wildman–Crippen LogP) is 19.4. The van der Waals surface area contributed by atoms with Crippen molar-refractivity contribution in [2.45, 2.75) is 245 Å². The van der Waals surface area contributed by atoms with Gasteiger partial charge in [-0.1, -0.05) is 212 Å². The van der Waals surface area contributed by atoms with Crippen molar-refractivity contribution in [1.29, 1.82) is 0 Å². The number of carbonyl (C=O) groups excluding carboxylic acids is 3. The molecule has 0 aliphatic heterocycles. The Morgan fingerprint density at radius 1 is 0.296 bits per heavy atom. The number of esters is 3. The third kappa shape index (κ3) is 56.3. The average Bonchev–Trinajstić information content (AvgIpc) is 3.37. The molecule has 0 bridgehead atoms. The summed E-state index contributed by atoms with van der Waals surface area (Å²) in [6.45, 7) is 6.39. The first-order valence-electron chi connectivity index (χ1n) is 28.7. The maximum atomic E-state index is 12.8. The van der Waals surface area contributed by atoms with E-state index in [9.17, 15) is 14.4 Å². The Kier molecular flexibility index (Phi) is 54.5. The molecule has 0 saturated carbocycles. The summed E-state index contributed by atoms with van der Waals surface area (Å²) in [6, 6.07) is 0. The quantitative estimate of drug-likeness (QED) is 0.0262. The van der Waals surface area contributed by atoms with Crippen molar-refractivity contribution in [3.63, 3.8) is 0 Å². The Bertz CT molecular complexity index is 1470. The lowest BCUT2D eigenvalue weighted by Crippen LogP contribution is -2.30. The zero-order valence-electron chi connectivity index (χ0n) is 45.7. The molecule has 0 aromatic carbocycles. The molecule has 0 radical (unpaired) electrons. The summed E-state index contributed by atoms with van der Waals surface area (Å²) in [4.78, 5) is 38.2. The zero-order chi connectivity index (χ0) is 51.4. The monoisotopic (exact) mass is 981 g/mol. The third-order valence-electron chi connectivity index (χ3n) is 11.6. The molecular formula is C65H104O6. The number of carbonyl (C=O) groups is 3. The van der Waals surface area contributed by atoms with Crippen molar-refractivity contribution >= 4 is 17.9 Å². The van der Waals surface area contributed by atoms with Crippen molar-refractivity contribution < 1.29 is 28.6 Å². The van der Waals surface area contributed by atoms with Gasteiger partial charge in [0.2, 0.25) is 0 Å². The smallest absolute Gasteiger partial charge is 0.306 e. The van der Waals surface area contributed by atoms with Gasteiger partial charge in [-0.2, -0.15) is 0 Å². The Morgan fingerprint density at radius 2 is 0.549 bits per heavy atom. The normalized spacial score (nSPS) is 12.7. The predicted molar refractivity (Wildman–Crippen MR) is 306 cm³/mol. The summed E-state index contributed by atoms with van der Waals surface area (Å²) in [6.07, 6.45) is 81.5. The van der Waals surface area contributed by atoms with Gasteiger partial charge >= 0.3 is 17.9 Å². The van der Waals surface area contributed by atoms with Crippen LogP contribution in [0.5, 0.6) is 0 Å². The van der Waals surface area contributed by atoms with Crippen molar-refractivity contribution in [2.75, 3.05) is 13.2 Å². The van der Waals surface area contributed by atoms with Crippen LogP contribution in [0.15, 0.2) is 134 Å². The summed E-state index contributed by atoms with van der Waals surface area (Å²) in [5.41, 5.74) is 0. The highest BCUT2D eigenvalue weighted by atomic mass is 16.6. The Balaban J connectivity index is 4.55. The topological polar surface area (TPSA) is 78.9 Å². The van der Waals surface area contributed by atoms with Gasteiger partial charge in [0, 0.05) is 19.3 Å². The largest absolute Gasteiger partial charge is 0.462 e. The molecule has 0 amide bonds. The molecule has 0 aromatic rings. The second-order valence-electron chi connectivity index (χ2n) is 18.5. The van der Waals surface area contributed by atoms with Crippen LogP contribution in [0, 0.1) is 0 Å². The molecule has 0 saturated heterocycles. The molecular weight excluding hydrogens is 877 g/mol. The highest BCUT2D eigenvalue weighted by Crippen LogP contribution is 2.12. The van der Waals surface area contributed by atoms with Gasteiger partial charge in [0.1, 0.15) is 13.2 Å². The average molecular weight is 982 g/mol. The molecule has 0 aromatic heterocycles. The van der Waals surface area contributed by atoms with Crippen LogP contribution in [0.25, 0.3) is 0 Å². The van der Waals surface area contributed by atoms with Crippen LogP contribution in [0.4, 0.5) is 0 Å². The third-order valence-corrected chi connectivity index (χ3v) is 11.6. The minimum Gasteiger partial charge on any atom is -0.462 e. The van der Waals surface area contributed by atoms with Crippen LogP contribution >= 0.6 is 0 Å². The molecule has 71 heavy (non-hydrogen) atoms. The summed E-state index contributed by atoms with van der Waals surface area (Å²) >= 11 is 0. The van der Waals surface area contributed by atoms with Crippen molar-refractivity contribution in [3.8, 4) is 0 Å². The molecule has 0 heterocycles. The molecule has 400 valence electrons. The van der Waals surface area contributed by atoms with Crippen molar-refractivity contribution in [1.82, 2.24) is 0 Å². The van der Waals surface area contributed by atoms with E-state index in [1.54, 1.807) is 0 Å². The highest BCUT2D eigenvalue weighted by molar-refractivity contribution is 5.71. The van der Waals surface area contributed by atoms with Gasteiger partial charge in [-0.05, 0) is 141 Å². The van der Waals surface area contributed by atoms with Gasteiger partial charge in [-0.25, -0.2) is 0 Å². The maximum Gasteiger partial charge on any atom is 0.306 e. The lowest BCUT2D eigenvalue weighted by Gasteiger charge is -2.18. The number of ether oxygens (including phenoxy) is 3. The second kappa shape index (κ2) is 58.1. The Morgan fingerprint density at radius 3 is 0.873 bits per heavy atom. The second-order valence-corrected chi connectivity index (χ2v) is 18.5. The van der Waals surface area contributed by atoms with Crippen LogP contribution in [0.2, 0.25) is 0 Å². The summed E-state index contributed by atoms with van der Waals surface area (Å²) in [7, 11) is 0. The fraction of sp³-hybridized carbons (Fsp3) is 0.615. The van der Waals surface area contributed by atoms with E-state index in [4.69, 9.17) is 14.2 Å². The molecule has 6 nitrogen and oxygen atoms in total. The van der Waals surface area contributed by atoms with Gasteiger partial charge < -0.3 is 14.2 Å². The minimum absolute atomic E-state index is 0.117. The Hall–Kier alpha value is -4.45. The summed E-state index contributed by atoms with van der Waals surface area (Å²) in [5.74, 6) is -0.997. The molecule has 0 N–H and O–H groups in total. The first-order chi connectivity index (χ1) is 35.0. The molecule has 0 rings (SSSR count). The van der Waals surface area contributed by atoms with Crippen LogP contribution in [0.3, 0.4) is 0 Å². The van der Waals surface area contributed by atoms with E-state index in [0.717, 1.165) is 148 Å². The number of allylic oxidation sites excluding steroid dienone is 22. The molecule has 6 heteroatoms. The molecule has 0 spiro atoms. The molecule has 0 aliphatic rings. The molecule has 0 unspecified atom stereocenters. The number of hydrogen-bond acceptors (Lipinski definition) is 6. The fourth-order valence-electron chi connectivity index (χ4n) is 7.30. The first kappa shape index (κ1) is 66.6. The number of unbranched alkanes of at least 4 members (excludes halogenated alkanes) is 17. The number of hydrogen-bond donors (Lipinski definition) is 0. The maximum absolute atomic E-state index is 12.8. The lowest BCUT2D eigenvalue weighted by molar-refractivity contribution is -0.167. The minimum atomic E-state index is -0.820. The molecule has 0 fully saturated rings. The summed E-state index contributed by atoms with van der Waals surface area (Å²) in [5, 5.41) is 0. The highest BCUT2D eigenvalue weighted by Gasteiger charge is 2.19.